The Morgan fingerprint density at radius 3 is 2.85 bits per heavy atom. The molecule has 0 saturated heterocycles. The third-order valence-electron chi connectivity index (χ3n) is 5.63. The monoisotopic (exact) mass is 359 g/mol. The van der Waals surface area contributed by atoms with Crippen LogP contribution in [0.25, 0.3) is 21.9 Å². The molecular weight excluding hydrogens is 338 g/mol. The number of benzene rings is 2. The lowest BCUT2D eigenvalue weighted by molar-refractivity contribution is 0.0697. The summed E-state index contributed by atoms with van der Waals surface area (Å²) < 4.78 is 2.38. The predicted molar refractivity (Wildman–Crippen MR) is 105 cm³/mol. The molecule has 1 aliphatic rings. The summed E-state index contributed by atoms with van der Waals surface area (Å²) in [5.41, 5.74) is 6.28. The third-order valence-corrected chi connectivity index (χ3v) is 5.63. The summed E-state index contributed by atoms with van der Waals surface area (Å²) in [7, 11) is 0. The van der Waals surface area contributed by atoms with Gasteiger partial charge in [0.2, 0.25) is 0 Å². The molecule has 0 spiro atoms. The topological polar surface area (TPSA) is 70.9 Å². The molecule has 4 aromatic rings. The maximum atomic E-state index is 11.4. The van der Waals surface area contributed by atoms with Gasteiger partial charge in [-0.25, -0.2) is 9.78 Å². The second-order valence-corrected chi connectivity index (χ2v) is 7.27. The van der Waals surface area contributed by atoms with Crippen LogP contribution in [0.2, 0.25) is 0 Å². The zero-order valence-electron chi connectivity index (χ0n) is 15.0. The van der Waals surface area contributed by atoms with Crippen molar-refractivity contribution in [1.29, 1.82) is 0 Å². The van der Waals surface area contributed by atoms with E-state index >= 15 is 0 Å². The van der Waals surface area contributed by atoms with Crippen molar-refractivity contribution in [1.82, 2.24) is 14.5 Å². The van der Waals surface area contributed by atoms with Gasteiger partial charge in [-0.3, -0.25) is 0 Å². The van der Waals surface area contributed by atoms with E-state index in [1.54, 1.807) is 6.07 Å². The SMILES string of the molecule is O=C(O)c1ccc2c(c1)c1c(n2CCc2nc3ccccc3[nH]2)CCCC1. The Balaban J connectivity index is 1.54. The van der Waals surface area contributed by atoms with Gasteiger partial charge in [-0.05, 0) is 61.6 Å². The number of hydrogen-bond donors (Lipinski definition) is 2. The quantitative estimate of drug-likeness (QED) is 0.569. The number of aryl methyl sites for hydroxylation is 3. The third kappa shape index (κ3) is 2.70. The van der Waals surface area contributed by atoms with E-state index in [2.05, 4.69) is 9.55 Å². The summed E-state index contributed by atoms with van der Waals surface area (Å²) >= 11 is 0. The second kappa shape index (κ2) is 6.27. The Hall–Kier alpha value is -3.08. The summed E-state index contributed by atoms with van der Waals surface area (Å²) in [6, 6.07) is 13.6. The fourth-order valence-electron chi connectivity index (χ4n) is 4.37. The lowest BCUT2D eigenvalue weighted by Crippen LogP contribution is -2.10. The lowest BCUT2D eigenvalue weighted by Gasteiger charge is -2.15. The Bertz CT molecular complexity index is 1140. The van der Waals surface area contributed by atoms with E-state index in [4.69, 9.17) is 4.98 Å². The first-order valence-corrected chi connectivity index (χ1v) is 9.51. The number of carboxylic acid groups (broad SMARTS) is 1. The van der Waals surface area contributed by atoms with Crippen LogP contribution in [0.4, 0.5) is 0 Å². The maximum Gasteiger partial charge on any atom is 0.335 e. The summed E-state index contributed by atoms with van der Waals surface area (Å²) in [4.78, 5) is 19.5. The lowest BCUT2D eigenvalue weighted by atomic mass is 9.95. The minimum atomic E-state index is -0.864. The van der Waals surface area contributed by atoms with Crippen LogP contribution in [0.1, 0.15) is 40.3 Å². The van der Waals surface area contributed by atoms with Gasteiger partial charge in [0.15, 0.2) is 0 Å². The van der Waals surface area contributed by atoms with Crippen molar-refractivity contribution >= 4 is 27.9 Å². The molecule has 2 heterocycles. The molecule has 0 bridgehead atoms. The van der Waals surface area contributed by atoms with E-state index in [1.165, 1.54) is 24.1 Å². The number of aromatic amines is 1. The number of rotatable bonds is 4. The molecule has 5 rings (SSSR count). The van der Waals surface area contributed by atoms with Gasteiger partial charge in [0.25, 0.3) is 0 Å². The smallest absolute Gasteiger partial charge is 0.335 e. The number of carbonyl (C=O) groups is 1. The number of nitrogens with one attached hydrogen (secondary N) is 1. The number of nitrogens with zero attached hydrogens (tertiary/aromatic N) is 2. The highest BCUT2D eigenvalue weighted by Gasteiger charge is 2.21. The molecule has 0 unspecified atom stereocenters. The minimum Gasteiger partial charge on any atom is -0.478 e. The average Bonchev–Trinajstić information content (AvgIpc) is 3.24. The largest absolute Gasteiger partial charge is 0.478 e. The zero-order chi connectivity index (χ0) is 18.4. The molecule has 27 heavy (non-hydrogen) atoms. The molecule has 0 atom stereocenters. The van der Waals surface area contributed by atoms with Crippen LogP contribution in [0.5, 0.6) is 0 Å². The molecular formula is C22H21N3O2. The first kappa shape index (κ1) is 16.1. The number of carboxylic acids is 1. The number of aromatic carboxylic acids is 1. The second-order valence-electron chi connectivity index (χ2n) is 7.27. The van der Waals surface area contributed by atoms with Crippen LogP contribution in [0.15, 0.2) is 42.5 Å². The van der Waals surface area contributed by atoms with Gasteiger partial charge >= 0.3 is 5.97 Å². The first-order valence-electron chi connectivity index (χ1n) is 9.51. The Morgan fingerprint density at radius 2 is 2.00 bits per heavy atom. The summed E-state index contributed by atoms with van der Waals surface area (Å²) in [5.74, 6) is 0.126. The van der Waals surface area contributed by atoms with Gasteiger partial charge in [0.1, 0.15) is 5.82 Å². The van der Waals surface area contributed by atoms with Gasteiger partial charge in [0.05, 0.1) is 16.6 Å². The number of imidazole rings is 1. The molecule has 2 N–H and O–H groups in total. The highest BCUT2D eigenvalue weighted by Crippen LogP contribution is 2.33. The van der Waals surface area contributed by atoms with Crippen molar-refractivity contribution in [3.63, 3.8) is 0 Å². The highest BCUT2D eigenvalue weighted by atomic mass is 16.4. The number of hydrogen-bond acceptors (Lipinski definition) is 2. The number of H-pyrrole nitrogens is 1. The zero-order valence-corrected chi connectivity index (χ0v) is 15.0. The molecule has 2 aromatic carbocycles. The highest BCUT2D eigenvalue weighted by molar-refractivity contribution is 5.95. The Labute approximate surface area is 156 Å². The molecule has 5 nitrogen and oxygen atoms in total. The van der Waals surface area contributed by atoms with Gasteiger partial charge in [-0.1, -0.05) is 12.1 Å². The first-order chi connectivity index (χ1) is 13.2. The van der Waals surface area contributed by atoms with E-state index in [1.807, 2.05) is 36.4 Å². The van der Waals surface area contributed by atoms with E-state index in [-0.39, 0.29) is 0 Å². The summed E-state index contributed by atoms with van der Waals surface area (Å²) in [5, 5.41) is 10.5. The molecule has 0 amide bonds. The van der Waals surface area contributed by atoms with Gasteiger partial charge < -0.3 is 14.7 Å². The van der Waals surface area contributed by atoms with Crippen molar-refractivity contribution < 1.29 is 9.90 Å². The van der Waals surface area contributed by atoms with Crippen LogP contribution in [0, 0.1) is 0 Å². The summed E-state index contributed by atoms with van der Waals surface area (Å²) in [6.07, 6.45) is 5.29. The van der Waals surface area contributed by atoms with E-state index in [9.17, 15) is 9.90 Å². The molecule has 0 saturated carbocycles. The van der Waals surface area contributed by atoms with E-state index in [0.717, 1.165) is 53.6 Å². The molecule has 5 heteroatoms. The fourth-order valence-corrected chi connectivity index (χ4v) is 4.37. The molecule has 2 aromatic heterocycles. The molecule has 1 aliphatic carbocycles. The maximum absolute atomic E-state index is 11.4. The number of aromatic nitrogens is 3. The number of fused-ring (bicyclic) bond motifs is 4. The van der Waals surface area contributed by atoms with E-state index in [0.29, 0.717) is 5.56 Å². The van der Waals surface area contributed by atoms with Crippen molar-refractivity contribution in [2.24, 2.45) is 0 Å². The molecule has 0 fully saturated rings. The van der Waals surface area contributed by atoms with Gasteiger partial charge in [-0.2, -0.15) is 0 Å². The molecule has 0 radical (unpaired) electrons. The van der Waals surface area contributed by atoms with Crippen molar-refractivity contribution in [2.45, 2.75) is 38.6 Å². The van der Waals surface area contributed by atoms with Crippen molar-refractivity contribution in [3.8, 4) is 0 Å². The molecule has 136 valence electrons. The van der Waals surface area contributed by atoms with Crippen LogP contribution >= 0.6 is 0 Å². The van der Waals surface area contributed by atoms with Crippen LogP contribution in [-0.4, -0.2) is 25.6 Å². The minimum absolute atomic E-state index is 0.366. The van der Waals surface area contributed by atoms with Gasteiger partial charge in [0, 0.05) is 29.6 Å². The van der Waals surface area contributed by atoms with Crippen molar-refractivity contribution in [3.05, 3.63) is 65.1 Å². The fraction of sp³-hybridized carbons (Fsp3) is 0.273. The average molecular weight is 359 g/mol. The Kier molecular flexibility index (Phi) is 3.74. The van der Waals surface area contributed by atoms with Gasteiger partial charge in [-0.15, -0.1) is 0 Å². The Morgan fingerprint density at radius 1 is 1.15 bits per heavy atom. The molecule has 0 aliphatic heterocycles. The van der Waals surface area contributed by atoms with E-state index < -0.39 is 5.97 Å². The predicted octanol–water partition coefficient (Wildman–Crippen LogP) is 4.34. The number of para-hydroxylation sites is 2. The normalized spacial score (nSPS) is 13.9. The van der Waals surface area contributed by atoms with Crippen LogP contribution in [0.3, 0.4) is 0 Å². The van der Waals surface area contributed by atoms with Crippen LogP contribution in [-0.2, 0) is 25.8 Å². The van der Waals surface area contributed by atoms with Crippen molar-refractivity contribution in [2.75, 3.05) is 0 Å². The van der Waals surface area contributed by atoms with Crippen LogP contribution < -0.4 is 0 Å². The standard InChI is InChI=1S/C22H21N3O2/c26-22(27)14-9-10-20-16(13-14)15-5-1-4-8-19(15)25(20)12-11-21-23-17-6-2-3-7-18(17)24-21/h2-3,6-7,9-10,13H,1,4-5,8,11-12H2,(H,23,24)(H,26,27). The summed E-state index contributed by atoms with van der Waals surface area (Å²) in [6.45, 7) is 0.845.